The van der Waals surface area contributed by atoms with Crippen molar-refractivity contribution in [3.05, 3.63) is 53.9 Å². The molecule has 1 amide bonds. The van der Waals surface area contributed by atoms with Crippen LogP contribution < -0.4 is 14.2 Å². The van der Waals surface area contributed by atoms with Gasteiger partial charge in [0.2, 0.25) is 6.79 Å². The largest absolute Gasteiger partial charge is 0.488 e. The van der Waals surface area contributed by atoms with E-state index < -0.39 is 6.10 Å². The fourth-order valence-electron chi connectivity index (χ4n) is 5.18. The van der Waals surface area contributed by atoms with Crippen molar-refractivity contribution in [3.63, 3.8) is 0 Å². The number of aryl methyl sites for hydroxylation is 1. The average molecular weight is 435 g/mol. The van der Waals surface area contributed by atoms with Gasteiger partial charge in [0, 0.05) is 25.4 Å². The highest BCUT2D eigenvalue weighted by molar-refractivity contribution is 5.93. The number of fused-ring (bicyclic) bond motifs is 3. The molecule has 1 saturated heterocycles. The Kier molecular flexibility index (Phi) is 4.50. The van der Waals surface area contributed by atoms with Gasteiger partial charge in [-0.05, 0) is 67.5 Å². The Hall–Kier alpha value is -3.26. The number of hydrogen-bond acceptors (Lipinski definition) is 6. The minimum atomic E-state index is -0.574. The van der Waals surface area contributed by atoms with E-state index in [1.54, 1.807) is 10.6 Å². The number of nitrogens with zero attached hydrogens (tertiary/aromatic N) is 3. The van der Waals surface area contributed by atoms with Crippen LogP contribution in [-0.4, -0.2) is 57.6 Å². The summed E-state index contributed by atoms with van der Waals surface area (Å²) in [5.41, 5.74) is 2.51. The van der Waals surface area contributed by atoms with Crippen LogP contribution in [0.15, 0.2) is 42.6 Å². The molecule has 2 aliphatic heterocycles. The van der Waals surface area contributed by atoms with E-state index in [4.69, 9.17) is 14.2 Å². The third-order valence-corrected chi connectivity index (χ3v) is 6.84. The Bertz CT molecular complexity index is 1190. The number of aliphatic hydroxyl groups is 1. The molecule has 1 aromatic carbocycles. The maximum Gasteiger partial charge on any atom is 0.274 e. The molecule has 166 valence electrons. The van der Waals surface area contributed by atoms with E-state index in [1.165, 1.54) is 0 Å². The minimum absolute atomic E-state index is 0.0523. The van der Waals surface area contributed by atoms with Crippen molar-refractivity contribution >= 4 is 11.4 Å². The Balaban J connectivity index is 1.15. The second kappa shape index (κ2) is 7.41. The van der Waals surface area contributed by atoms with Crippen LogP contribution in [0.4, 0.5) is 0 Å². The Labute approximate surface area is 185 Å². The molecule has 2 fully saturated rings. The van der Waals surface area contributed by atoms with Crippen LogP contribution in [-0.2, 0) is 0 Å². The molecule has 0 bridgehead atoms. The molecule has 1 saturated carbocycles. The van der Waals surface area contributed by atoms with Crippen LogP contribution in [0.1, 0.15) is 28.9 Å². The molecule has 3 aliphatic rings. The molecule has 1 aliphatic carbocycles. The molecule has 4 atom stereocenters. The minimum Gasteiger partial charge on any atom is -0.488 e. The third kappa shape index (κ3) is 3.35. The van der Waals surface area contributed by atoms with Gasteiger partial charge in [0.1, 0.15) is 11.9 Å². The second-order valence-corrected chi connectivity index (χ2v) is 9.04. The average Bonchev–Trinajstić information content (AvgIpc) is 3.50. The first-order valence-corrected chi connectivity index (χ1v) is 11.0. The van der Waals surface area contributed by atoms with Gasteiger partial charge in [-0.1, -0.05) is 0 Å². The first-order valence-electron chi connectivity index (χ1n) is 11.0. The van der Waals surface area contributed by atoms with E-state index in [9.17, 15) is 9.90 Å². The van der Waals surface area contributed by atoms with Crippen LogP contribution in [0.25, 0.3) is 5.52 Å². The van der Waals surface area contributed by atoms with Crippen molar-refractivity contribution in [2.75, 3.05) is 19.9 Å². The van der Waals surface area contributed by atoms with Gasteiger partial charge < -0.3 is 24.2 Å². The van der Waals surface area contributed by atoms with E-state index in [2.05, 4.69) is 5.10 Å². The monoisotopic (exact) mass is 435 g/mol. The number of likely N-dealkylation sites (tertiary alicyclic amines) is 1. The summed E-state index contributed by atoms with van der Waals surface area (Å²) in [5, 5.41) is 15.2. The highest BCUT2D eigenvalue weighted by atomic mass is 16.7. The van der Waals surface area contributed by atoms with Gasteiger partial charge in [-0.15, -0.1) is 0 Å². The van der Waals surface area contributed by atoms with Gasteiger partial charge in [0.05, 0.1) is 11.6 Å². The molecule has 1 N–H and O–H groups in total. The van der Waals surface area contributed by atoms with Crippen LogP contribution in [0.5, 0.6) is 17.2 Å². The number of aliphatic hydroxyl groups excluding tert-OH is 1. The number of amides is 1. The molecule has 8 heteroatoms. The number of pyridine rings is 1. The fourth-order valence-corrected chi connectivity index (χ4v) is 5.18. The maximum atomic E-state index is 13.1. The normalized spacial score (nSPS) is 26.4. The lowest BCUT2D eigenvalue weighted by Crippen LogP contribution is -2.42. The predicted octanol–water partition coefficient (Wildman–Crippen LogP) is 2.66. The zero-order chi connectivity index (χ0) is 21.8. The molecule has 6 rings (SSSR count). The number of aromatic nitrogens is 2. The third-order valence-electron chi connectivity index (χ3n) is 6.84. The van der Waals surface area contributed by atoms with Gasteiger partial charge in [-0.2, -0.15) is 5.10 Å². The summed E-state index contributed by atoms with van der Waals surface area (Å²) in [5.74, 6) is 2.52. The number of rotatable bonds is 3. The quantitative estimate of drug-likeness (QED) is 0.681. The SMILES string of the molecule is Cc1ccn2nc(C(=O)N3C[C@H]4C[C@@H](Oc5ccc6c(c5)OCO6)[C@H](O)C[C@H]4C3)cc2c1. The van der Waals surface area contributed by atoms with E-state index in [0.29, 0.717) is 54.8 Å². The lowest BCUT2D eigenvalue weighted by atomic mass is 9.78. The molecular weight excluding hydrogens is 410 g/mol. The maximum absolute atomic E-state index is 13.1. The van der Waals surface area contributed by atoms with Gasteiger partial charge in [-0.25, -0.2) is 4.52 Å². The van der Waals surface area contributed by atoms with Gasteiger partial charge in [0.15, 0.2) is 17.2 Å². The lowest BCUT2D eigenvalue weighted by Gasteiger charge is -2.35. The Morgan fingerprint density at radius 2 is 1.91 bits per heavy atom. The summed E-state index contributed by atoms with van der Waals surface area (Å²) < 4.78 is 18.6. The number of ether oxygens (including phenoxy) is 3. The summed E-state index contributed by atoms with van der Waals surface area (Å²) in [6.07, 6.45) is 2.31. The van der Waals surface area contributed by atoms with Crippen LogP contribution in [0, 0.1) is 18.8 Å². The van der Waals surface area contributed by atoms with Crippen LogP contribution in [0.3, 0.4) is 0 Å². The van der Waals surface area contributed by atoms with Crippen molar-refractivity contribution in [3.8, 4) is 17.2 Å². The predicted molar refractivity (Wildman–Crippen MR) is 115 cm³/mol. The highest BCUT2D eigenvalue weighted by Crippen LogP contribution is 2.40. The van der Waals surface area contributed by atoms with Crippen molar-refractivity contribution in [2.24, 2.45) is 11.8 Å². The van der Waals surface area contributed by atoms with Crippen molar-refractivity contribution in [1.82, 2.24) is 14.5 Å². The fraction of sp³-hybridized carbons (Fsp3) is 0.417. The van der Waals surface area contributed by atoms with Crippen molar-refractivity contribution in [1.29, 1.82) is 0 Å². The zero-order valence-corrected chi connectivity index (χ0v) is 17.8. The Morgan fingerprint density at radius 1 is 1.09 bits per heavy atom. The molecule has 0 radical (unpaired) electrons. The summed E-state index contributed by atoms with van der Waals surface area (Å²) in [6, 6.07) is 11.3. The van der Waals surface area contributed by atoms with E-state index >= 15 is 0 Å². The van der Waals surface area contributed by atoms with Crippen molar-refractivity contribution < 1.29 is 24.1 Å². The van der Waals surface area contributed by atoms with Crippen LogP contribution in [0.2, 0.25) is 0 Å². The molecule has 4 heterocycles. The molecule has 32 heavy (non-hydrogen) atoms. The lowest BCUT2D eigenvalue weighted by molar-refractivity contribution is -0.0232. The summed E-state index contributed by atoms with van der Waals surface area (Å²) >= 11 is 0. The van der Waals surface area contributed by atoms with Gasteiger partial charge in [0.25, 0.3) is 5.91 Å². The van der Waals surface area contributed by atoms with Crippen molar-refractivity contribution in [2.45, 2.75) is 32.0 Å². The summed E-state index contributed by atoms with van der Waals surface area (Å²) in [4.78, 5) is 15.0. The van der Waals surface area contributed by atoms with E-state index in [-0.39, 0.29) is 24.7 Å². The number of benzene rings is 1. The first-order chi connectivity index (χ1) is 15.5. The topological polar surface area (TPSA) is 85.5 Å². The second-order valence-electron chi connectivity index (χ2n) is 9.04. The zero-order valence-electron chi connectivity index (χ0n) is 17.8. The Morgan fingerprint density at radius 3 is 2.78 bits per heavy atom. The number of carbonyl (C=O) groups is 1. The summed E-state index contributed by atoms with van der Waals surface area (Å²) in [7, 11) is 0. The number of carbonyl (C=O) groups excluding carboxylic acids is 1. The van der Waals surface area contributed by atoms with Gasteiger partial charge >= 0.3 is 0 Å². The van der Waals surface area contributed by atoms with E-state index in [0.717, 1.165) is 11.1 Å². The van der Waals surface area contributed by atoms with Crippen LogP contribution >= 0.6 is 0 Å². The molecular formula is C24H25N3O5. The van der Waals surface area contributed by atoms with Gasteiger partial charge in [-0.3, -0.25) is 4.79 Å². The summed E-state index contributed by atoms with van der Waals surface area (Å²) in [6.45, 7) is 3.53. The molecule has 0 unspecified atom stereocenters. The first kappa shape index (κ1) is 19.4. The van der Waals surface area contributed by atoms with E-state index in [1.807, 2.05) is 48.4 Å². The smallest absolute Gasteiger partial charge is 0.274 e. The molecule has 2 aromatic heterocycles. The number of hydrogen-bond donors (Lipinski definition) is 1. The molecule has 0 spiro atoms. The standard InChI is InChI=1S/C24H25N3O5/c1-14-4-5-27-17(6-14)9-19(25-27)24(29)26-11-15-7-20(28)22(8-16(15)12-26)32-18-2-3-21-23(10-18)31-13-30-21/h2-6,9-10,15-16,20,22,28H,7-8,11-13H2,1H3/t15-,16+,20+,22+/m0/s1. The molecule has 8 nitrogen and oxygen atoms in total. The highest BCUT2D eigenvalue weighted by Gasteiger charge is 2.44. The molecule has 3 aromatic rings.